The quantitative estimate of drug-likeness (QED) is 0.555. The first-order chi connectivity index (χ1) is 14.4. The van der Waals surface area contributed by atoms with E-state index in [2.05, 4.69) is 65.2 Å². The summed E-state index contributed by atoms with van der Waals surface area (Å²) in [5.74, 6) is 1.86. The molecule has 1 atom stereocenters. The van der Waals surface area contributed by atoms with Gasteiger partial charge in [-0.1, -0.05) is 46.8 Å². The van der Waals surface area contributed by atoms with Crippen molar-refractivity contribution in [2.24, 2.45) is 5.92 Å². The molecule has 0 fully saturated rings. The monoisotopic (exact) mass is 462 g/mol. The minimum absolute atomic E-state index is 0.0753. The van der Waals surface area contributed by atoms with E-state index in [9.17, 15) is 4.79 Å². The van der Waals surface area contributed by atoms with Gasteiger partial charge in [0.1, 0.15) is 0 Å². The second-order valence-corrected chi connectivity index (χ2v) is 17.4. The van der Waals surface area contributed by atoms with Crippen molar-refractivity contribution in [1.29, 1.82) is 0 Å². The molecule has 0 aliphatic carbocycles. The molecule has 0 bridgehead atoms. The van der Waals surface area contributed by atoms with Crippen LogP contribution < -0.4 is 14.8 Å². The van der Waals surface area contributed by atoms with Gasteiger partial charge in [-0.2, -0.15) is 0 Å². The highest BCUT2D eigenvalue weighted by Gasteiger charge is 2.42. The summed E-state index contributed by atoms with van der Waals surface area (Å²) in [6.45, 7) is 16.2. The molecule has 1 aromatic carbocycles. The predicted molar refractivity (Wildman–Crippen MR) is 133 cm³/mol. The van der Waals surface area contributed by atoms with Crippen LogP contribution in [0.4, 0.5) is 4.79 Å². The molecular formula is C24H40NO4Si2. The molecule has 1 amide bonds. The zero-order chi connectivity index (χ0) is 23.4. The fourth-order valence-corrected chi connectivity index (χ4v) is 8.18. The van der Waals surface area contributed by atoms with E-state index in [1.165, 1.54) is 0 Å². The minimum Gasteiger partial charge on any atom is -0.493 e. The van der Waals surface area contributed by atoms with Crippen molar-refractivity contribution >= 4 is 28.7 Å². The molecule has 0 saturated heterocycles. The van der Waals surface area contributed by atoms with E-state index in [4.69, 9.17) is 13.9 Å². The van der Waals surface area contributed by atoms with E-state index in [0.29, 0.717) is 24.0 Å². The number of carbonyl (C=O) groups is 1. The lowest BCUT2D eigenvalue weighted by atomic mass is 10.0. The summed E-state index contributed by atoms with van der Waals surface area (Å²) >= 11 is 0. The average Bonchev–Trinajstić information content (AvgIpc) is 2.67. The number of benzene rings is 1. The van der Waals surface area contributed by atoms with Gasteiger partial charge < -0.3 is 19.2 Å². The first-order valence-corrected chi connectivity index (χ1v) is 15.8. The van der Waals surface area contributed by atoms with Crippen LogP contribution in [0.2, 0.25) is 24.2 Å². The van der Waals surface area contributed by atoms with Crippen LogP contribution in [0.1, 0.15) is 45.7 Å². The Morgan fingerprint density at radius 3 is 2.32 bits per heavy atom. The summed E-state index contributed by atoms with van der Waals surface area (Å²) in [5.41, 5.74) is 2.21. The molecule has 1 aliphatic heterocycles. The number of hydrogen-bond acceptors (Lipinski definition) is 4. The minimum atomic E-state index is -2.06. The summed E-state index contributed by atoms with van der Waals surface area (Å²) in [7, 11) is -0.222. The number of hydrogen-bond donors (Lipinski definition) is 1. The third-order valence-electron chi connectivity index (χ3n) is 6.27. The Labute approximate surface area is 191 Å². The van der Waals surface area contributed by atoms with Crippen LogP contribution in [0.3, 0.4) is 0 Å². The topological polar surface area (TPSA) is 56.8 Å². The Hall–Kier alpha value is -1.58. The third kappa shape index (κ3) is 6.46. The van der Waals surface area contributed by atoms with Gasteiger partial charge in [-0.25, -0.2) is 0 Å². The van der Waals surface area contributed by atoms with Crippen LogP contribution in [-0.2, 0) is 10.8 Å². The summed E-state index contributed by atoms with van der Waals surface area (Å²) in [5, 5.41) is 3.28. The van der Waals surface area contributed by atoms with Gasteiger partial charge in [-0.3, -0.25) is 4.79 Å². The number of rotatable bonds is 6. The summed E-state index contributed by atoms with van der Waals surface area (Å²) in [6, 6.07) is 4.92. The molecule has 0 aromatic heterocycles. The van der Waals surface area contributed by atoms with E-state index >= 15 is 0 Å². The largest absolute Gasteiger partial charge is 0.493 e. The number of nitrogens with one attached hydrogen (secondary N) is 1. The van der Waals surface area contributed by atoms with Crippen LogP contribution in [0.25, 0.3) is 6.08 Å². The van der Waals surface area contributed by atoms with Crippen molar-refractivity contribution in [2.45, 2.75) is 70.9 Å². The van der Waals surface area contributed by atoms with E-state index in [-0.39, 0.29) is 16.3 Å². The fraction of sp³-hybridized carbons (Fsp3) is 0.625. The molecule has 5 nitrogen and oxygen atoms in total. The fourth-order valence-electron chi connectivity index (χ4n) is 3.42. The molecule has 1 heterocycles. The zero-order valence-electron chi connectivity index (χ0n) is 20.7. The summed E-state index contributed by atoms with van der Waals surface area (Å²) in [4.78, 5) is 13.2. The van der Waals surface area contributed by atoms with Gasteiger partial charge in [0.05, 0.1) is 19.9 Å². The second-order valence-electron chi connectivity index (χ2n) is 10.2. The molecule has 1 aromatic rings. The maximum Gasteiger partial charge on any atom is 0.201 e. The van der Waals surface area contributed by atoms with Gasteiger partial charge in [-0.15, -0.1) is 0 Å². The summed E-state index contributed by atoms with van der Waals surface area (Å²) in [6.07, 6.45) is 5.00. The molecule has 0 spiro atoms. The Kier molecular flexibility index (Phi) is 8.58. The lowest BCUT2D eigenvalue weighted by molar-refractivity contribution is 0.252. The highest BCUT2D eigenvalue weighted by atomic mass is 28.4. The van der Waals surface area contributed by atoms with Crippen LogP contribution in [0.15, 0.2) is 18.2 Å². The summed E-state index contributed by atoms with van der Waals surface area (Å²) < 4.78 is 17.9. The van der Waals surface area contributed by atoms with E-state index in [1.54, 1.807) is 14.2 Å². The first kappa shape index (κ1) is 25.7. The molecule has 0 saturated carbocycles. The van der Waals surface area contributed by atoms with Gasteiger partial charge in [0.25, 0.3) is 0 Å². The molecule has 7 heteroatoms. The van der Waals surface area contributed by atoms with Crippen molar-refractivity contribution < 1.29 is 18.7 Å². The number of fused-ring (bicyclic) bond motifs is 1. The molecule has 173 valence electrons. The smallest absolute Gasteiger partial charge is 0.201 e. The van der Waals surface area contributed by atoms with Crippen molar-refractivity contribution in [1.82, 2.24) is 5.32 Å². The molecule has 31 heavy (non-hydrogen) atoms. The molecular weight excluding hydrogens is 422 g/mol. The van der Waals surface area contributed by atoms with E-state index in [1.807, 2.05) is 12.1 Å². The third-order valence-corrected chi connectivity index (χ3v) is 14.0. The Balaban J connectivity index is 2.55. The Morgan fingerprint density at radius 1 is 1.16 bits per heavy atom. The Bertz CT molecular complexity index is 800. The van der Waals surface area contributed by atoms with Crippen LogP contribution in [-0.4, -0.2) is 49.1 Å². The zero-order valence-corrected chi connectivity index (χ0v) is 22.7. The number of methoxy groups -OCH3 is 2. The van der Waals surface area contributed by atoms with Gasteiger partial charge in [-0.05, 0) is 59.8 Å². The highest BCUT2D eigenvalue weighted by Crippen LogP contribution is 2.38. The maximum absolute atomic E-state index is 13.2. The van der Waals surface area contributed by atoms with Gasteiger partial charge in [0.15, 0.2) is 25.3 Å². The van der Waals surface area contributed by atoms with Gasteiger partial charge in [0, 0.05) is 6.54 Å². The van der Waals surface area contributed by atoms with Gasteiger partial charge >= 0.3 is 0 Å². The van der Waals surface area contributed by atoms with Crippen molar-refractivity contribution in [3.8, 4) is 11.5 Å². The average molecular weight is 463 g/mol. The van der Waals surface area contributed by atoms with E-state index < -0.39 is 17.1 Å². The molecule has 1 N–H and O–H groups in total. The predicted octanol–water partition coefficient (Wildman–Crippen LogP) is 5.64. The second kappa shape index (κ2) is 10.4. The Morgan fingerprint density at radius 2 is 1.77 bits per heavy atom. The van der Waals surface area contributed by atoms with Crippen LogP contribution >= 0.6 is 0 Å². The highest BCUT2D eigenvalue weighted by molar-refractivity contribution is 6.91. The van der Waals surface area contributed by atoms with Gasteiger partial charge in [0.2, 0.25) is 8.80 Å². The number of carbonyl (C=O) groups excluding carboxylic acids is 1. The van der Waals surface area contributed by atoms with Crippen molar-refractivity contribution in [3.63, 3.8) is 0 Å². The maximum atomic E-state index is 13.2. The molecule has 1 unspecified atom stereocenters. The molecule has 1 radical (unpaired) electrons. The SMILES string of the molecule is COc1cc2c(cc1OC)CCNC(=O)[Si](CC(C)C)C(O[Si](C)(C)C(C)(C)C)C=C2. The molecule has 2 rings (SSSR count). The molecule has 1 aliphatic rings. The normalized spacial score (nSPS) is 18.5. The lowest BCUT2D eigenvalue weighted by Crippen LogP contribution is -2.53. The van der Waals surface area contributed by atoms with Crippen LogP contribution in [0.5, 0.6) is 11.5 Å². The van der Waals surface area contributed by atoms with Crippen molar-refractivity contribution in [2.75, 3.05) is 20.8 Å². The first-order valence-electron chi connectivity index (χ1n) is 11.1. The van der Waals surface area contributed by atoms with E-state index in [0.717, 1.165) is 23.6 Å². The van der Waals surface area contributed by atoms with Crippen molar-refractivity contribution in [3.05, 3.63) is 29.3 Å². The number of amides is 1. The van der Waals surface area contributed by atoms with Crippen LogP contribution in [0, 0.1) is 5.92 Å². The standard InChI is InChI=1S/C24H40NO4Si2/c1-17(2)16-30-22(29-31(8,9)24(3,4)5)11-10-18-14-20(27-6)21(28-7)15-19(18)12-13-25-23(30)26/h10-11,14-15,17,22H,12-13,16H2,1-9H3,(H,25,26). The number of ether oxygens (including phenoxy) is 2. The lowest BCUT2D eigenvalue weighted by Gasteiger charge is -2.40.